The lowest BCUT2D eigenvalue weighted by Gasteiger charge is -2.11. The summed E-state index contributed by atoms with van der Waals surface area (Å²) in [5, 5.41) is 2.94. The van der Waals surface area contributed by atoms with E-state index in [4.69, 9.17) is 0 Å². The van der Waals surface area contributed by atoms with Gasteiger partial charge in [0.2, 0.25) is 0 Å². The third kappa shape index (κ3) is 3.70. The van der Waals surface area contributed by atoms with E-state index in [-0.39, 0.29) is 0 Å². The van der Waals surface area contributed by atoms with Crippen LogP contribution in [-0.2, 0) is 0 Å². The molecule has 78 valence electrons. The molecule has 0 aromatic heterocycles. The first kappa shape index (κ1) is 10.9. The molecule has 0 saturated carbocycles. The summed E-state index contributed by atoms with van der Waals surface area (Å²) in [5.74, 6) is -1.12. The van der Waals surface area contributed by atoms with Gasteiger partial charge in [0.1, 0.15) is 11.6 Å². The molecule has 1 aromatic carbocycles. The molecule has 0 fully saturated rings. The Balaban J connectivity index is 2.50. The molecule has 0 heterocycles. The van der Waals surface area contributed by atoms with E-state index in [0.717, 1.165) is 12.6 Å². The van der Waals surface area contributed by atoms with Gasteiger partial charge in [-0.15, -0.1) is 0 Å². The van der Waals surface area contributed by atoms with Crippen LogP contribution in [0.5, 0.6) is 0 Å². The van der Waals surface area contributed by atoms with E-state index in [1.807, 2.05) is 19.0 Å². The summed E-state index contributed by atoms with van der Waals surface area (Å²) in [5.41, 5.74) is 0.476. The zero-order chi connectivity index (χ0) is 10.6. The number of anilines is 1. The van der Waals surface area contributed by atoms with Crippen molar-refractivity contribution >= 4 is 5.69 Å². The molecule has 1 N–H and O–H groups in total. The van der Waals surface area contributed by atoms with Gasteiger partial charge in [-0.2, -0.15) is 0 Å². The van der Waals surface area contributed by atoms with Crippen molar-refractivity contribution < 1.29 is 8.78 Å². The minimum absolute atomic E-state index is 0.476. The first-order chi connectivity index (χ1) is 6.58. The van der Waals surface area contributed by atoms with Crippen LogP contribution in [0.4, 0.5) is 14.5 Å². The molecule has 0 aliphatic carbocycles. The number of benzene rings is 1. The highest BCUT2D eigenvalue weighted by Crippen LogP contribution is 2.12. The lowest BCUT2D eigenvalue weighted by Crippen LogP contribution is -2.20. The van der Waals surface area contributed by atoms with Gasteiger partial charge in [0.05, 0.1) is 0 Å². The maximum atomic E-state index is 12.7. The number of nitrogens with zero attached hydrogens (tertiary/aromatic N) is 1. The van der Waals surface area contributed by atoms with Gasteiger partial charge in [0, 0.05) is 24.8 Å². The molecular weight excluding hydrogens is 186 g/mol. The van der Waals surface area contributed by atoms with Crippen LogP contribution >= 0.6 is 0 Å². The molecule has 4 heteroatoms. The molecule has 0 saturated heterocycles. The van der Waals surface area contributed by atoms with Crippen LogP contribution in [0, 0.1) is 11.6 Å². The standard InChI is InChI=1S/C10H14F2N2/c1-14(2)4-3-13-10-6-8(11)5-9(12)7-10/h5-7,13H,3-4H2,1-2H3. The Kier molecular flexibility index (Phi) is 3.83. The van der Waals surface area contributed by atoms with Gasteiger partial charge in [0.15, 0.2) is 0 Å². The van der Waals surface area contributed by atoms with Gasteiger partial charge >= 0.3 is 0 Å². The molecular formula is C10H14F2N2. The molecule has 2 nitrogen and oxygen atoms in total. The van der Waals surface area contributed by atoms with Crippen molar-refractivity contribution in [3.05, 3.63) is 29.8 Å². The van der Waals surface area contributed by atoms with E-state index in [0.29, 0.717) is 12.2 Å². The first-order valence-electron chi connectivity index (χ1n) is 4.42. The smallest absolute Gasteiger partial charge is 0.128 e. The van der Waals surface area contributed by atoms with Crippen LogP contribution in [0.3, 0.4) is 0 Å². The highest BCUT2D eigenvalue weighted by atomic mass is 19.1. The Hall–Kier alpha value is -1.16. The van der Waals surface area contributed by atoms with Crippen molar-refractivity contribution in [3.8, 4) is 0 Å². The van der Waals surface area contributed by atoms with E-state index in [1.165, 1.54) is 12.1 Å². The quantitative estimate of drug-likeness (QED) is 0.799. The summed E-state index contributed by atoms with van der Waals surface area (Å²) in [6, 6.07) is 3.41. The van der Waals surface area contributed by atoms with E-state index >= 15 is 0 Å². The third-order valence-corrected chi connectivity index (χ3v) is 1.75. The zero-order valence-corrected chi connectivity index (χ0v) is 8.35. The van der Waals surface area contributed by atoms with Crippen LogP contribution in [0.1, 0.15) is 0 Å². The summed E-state index contributed by atoms with van der Waals surface area (Å²) in [6.45, 7) is 1.48. The average molecular weight is 200 g/mol. The molecule has 14 heavy (non-hydrogen) atoms. The fourth-order valence-electron chi connectivity index (χ4n) is 1.08. The van der Waals surface area contributed by atoms with Crippen molar-refractivity contribution in [1.29, 1.82) is 0 Å². The molecule has 1 aromatic rings. The SMILES string of the molecule is CN(C)CCNc1cc(F)cc(F)c1. The van der Waals surface area contributed by atoms with Crippen LogP contribution in [0.2, 0.25) is 0 Å². The fraction of sp³-hybridized carbons (Fsp3) is 0.400. The monoisotopic (exact) mass is 200 g/mol. The number of nitrogens with one attached hydrogen (secondary N) is 1. The minimum atomic E-state index is -0.558. The molecule has 0 amide bonds. The predicted molar refractivity (Wildman–Crippen MR) is 53.4 cm³/mol. The summed E-state index contributed by atoms with van der Waals surface area (Å²) < 4.78 is 25.4. The van der Waals surface area contributed by atoms with E-state index in [9.17, 15) is 8.78 Å². The van der Waals surface area contributed by atoms with Crippen molar-refractivity contribution in [2.75, 3.05) is 32.5 Å². The van der Waals surface area contributed by atoms with E-state index < -0.39 is 11.6 Å². The minimum Gasteiger partial charge on any atom is -0.384 e. The van der Waals surface area contributed by atoms with Crippen molar-refractivity contribution in [1.82, 2.24) is 4.90 Å². The highest BCUT2D eigenvalue weighted by Gasteiger charge is 1.99. The summed E-state index contributed by atoms with van der Waals surface area (Å²) in [7, 11) is 3.88. The number of halogens is 2. The highest BCUT2D eigenvalue weighted by molar-refractivity contribution is 5.43. The predicted octanol–water partition coefficient (Wildman–Crippen LogP) is 1.94. The summed E-state index contributed by atoms with van der Waals surface area (Å²) in [6.07, 6.45) is 0. The summed E-state index contributed by atoms with van der Waals surface area (Å²) >= 11 is 0. The third-order valence-electron chi connectivity index (χ3n) is 1.75. The van der Waals surface area contributed by atoms with E-state index in [2.05, 4.69) is 5.32 Å². The molecule has 0 atom stereocenters. The van der Waals surface area contributed by atoms with Crippen molar-refractivity contribution in [2.24, 2.45) is 0 Å². The fourth-order valence-corrected chi connectivity index (χ4v) is 1.08. The Morgan fingerprint density at radius 1 is 1.14 bits per heavy atom. The zero-order valence-electron chi connectivity index (χ0n) is 8.35. The van der Waals surface area contributed by atoms with E-state index in [1.54, 1.807) is 0 Å². The lowest BCUT2D eigenvalue weighted by atomic mass is 10.3. The van der Waals surface area contributed by atoms with Crippen molar-refractivity contribution in [2.45, 2.75) is 0 Å². The number of hydrogen-bond donors (Lipinski definition) is 1. The van der Waals surface area contributed by atoms with Crippen LogP contribution < -0.4 is 5.32 Å². The molecule has 0 aliphatic heterocycles. The second-order valence-corrected chi connectivity index (χ2v) is 3.39. The molecule has 1 rings (SSSR count). The van der Waals surface area contributed by atoms with Crippen molar-refractivity contribution in [3.63, 3.8) is 0 Å². The number of likely N-dealkylation sites (N-methyl/N-ethyl adjacent to an activating group) is 1. The normalized spacial score (nSPS) is 10.6. The second kappa shape index (κ2) is 4.91. The maximum Gasteiger partial charge on any atom is 0.128 e. The Labute approximate surface area is 82.5 Å². The van der Waals surface area contributed by atoms with Gasteiger partial charge in [-0.05, 0) is 26.2 Å². The Morgan fingerprint density at radius 3 is 2.21 bits per heavy atom. The largest absolute Gasteiger partial charge is 0.384 e. The Bertz CT molecular complexity index is 280. The molecule has 0 bridgehead atoms. The summed E-state index contributed by atoms with van der Waals surface area (Å²) in [4.78, 5) is 1.99. The molecule has 0 unspecified atom stereocenters. The van der Waals surface area contributed by atoms with Crippen LogP contribution in [0.15, 0.2) is 18.2 Å². The first-order valence-corrected chi connectivity index (χ1v) is 4.42. The van der Waals surface area contributed by atoms with Gasteiger partial charge in [-0.1, -0.05) is 0 Å². The van der Waals surface area contributed by atoms with Crippen LogP contribution in [-0.4, -0.2) is 32.1 Å². The number of hydrogen-bond acceptors (Lipinski definition) is 2. The van der Waals surface area contributed by atoms with Gasteiger partial charge in [0.25, 0.3) is 0 Å². The topological polar surface area (TPSA) is 15.3 Å². The lowest BCUT2D eigenvalue weighted by molar-refractivity contribution is 0.425. The van der Waals surface area contributed by atoms with Gasteiger partial charge < -0.3 is 10.2 Å². The second-order valence-electron chi connectivity index (χ2n) is 3.39. The van der Waals surface area contributed by atoms with Gasteiger partial charge in [-0.3, -0.25) is 0 Å². The number of rotatable bonds is 4. The Morgan fingerprint density at radius 2 is 1.71 bits per heavy atom. The maximum absolute atomic E-state index is 12.7. The van der Waals surface area contributed by atoms with Gasteiger partial charge in [-0.25, -0.2) is 8.78 Å². The average Bonchev–Trinajstić information content (AvgIpc) is 2.01. The van der Waals surface area contributed by atoms with Crippen LogP contribution in [0.25, 0.3) is 0 Å². The molecule has 0 radical (unpaired) electrons. The molecule has 0 aliphatic rings. The molecule has 0 spiro atoms.